The topological polar surface area (TPSA) is 37.3 Å². The predicted octanol–water partition coefficient (Wildman–Crippen LogP) is 3.29. The van der Waals surface area contributed by atoms with Crippen molar-refractivity contribution in [2.45, 2.75) is 39.5 Å². The van der Waals surface area contributed by atoms with E-state index in [1.807, 2.05) is 12.1 Å². The first-order valence-corrected chi connectivity index (χ1v) is 6.40. The monoisotopic (exact) mass is 232 g/mol. The summed E-state index contributed by atoms with van der Waals surface area (Å²) in [5.74, 6) is -0.394. The summed E-state index contributed by atoms with van der Waals surface area (Å²) in [4.78, 5) is 11.7. The van der Waals surface area contributed by atoms with E-state index < -0.39 is 11.4 Å². The Morgan fingerprint density at radius 1 is 1.41 bits per heavy atom. The molecule has 2 atom stereocenters. The zero-order chi connectivity index (χ0) is 12.5. The van der Waals surface area contributed by atoms with Gasteiger partial charge in [0.15, 0.2) is 0 Å². The van der Waals surface area contributed by atoms with E-state index in [9.17, 15) is 9.90 Å². The van der Waals surface area contributed by atoms with Crippen LogP contribution in [0, 0.1) is 11.3 Å². The summed E-state index contributed by atoms with van der Waals surface area (Å²) >= 11 is 0. The third-order valence-electron chi connectivity index (χ3n) is 4.45. The average Bonchev–Trinajstić information content (AvgIpc) is 2.36. The van der Waals surface area contributed by atoms with Gasteiger partial charge in [0, 0.05) is 0 Å². The van der Waals surface area contributed by atoms with Crippen molar-refractivity contribution in [3.8, 4) is 0 Å². The Labute approximate surface area is 103 Å². The Hall–Kier alpha value is -1.31. The standard InChI is InChI=1S/C15H20O2/c1-3-11(2)15(14(16)17)9-8-12-6-4-5-7-13(12)10-15/h4-7,11H,3,8-10H2,1-2H3,(H,16,17). The third kappa shape index (κ3) is 1.97. The van der Waals surface area contributed by atoms with E-state index >= 15 is 0 Å². The van der Waals surface area contributed by atoms with Gasteiger partial charge in [0.2, 0.25) is 0 Å². The van der Waals surface area contributed by atoms with Gasteiger partial charge in [-0.15, -0.1) is 0 Å². The van der Waals surface area contributed by atoms with E-state index in [1.54, 1.807) is 0 Å². The zero-order valence-electron chi connectivity index (χ0n) is 10.6. The fraction of sp³-hybridized carbons (Fsp3) is 0.533. The molecule has 1 aromatic rings. The van der Waals surface area contributed by atoms with Crippen molar-refractivity contribution in [2.75, 3.05) is 0 Å². The number of carboxylic acids is 1. The lowest BCUT2D eigenvalue weighted by atomic mass is 9.64. The number of carbonyl (C=O) groups is 1. The Morgan fingerprint density at radius 2 is 2.06 bits per heavy atom. The molecule has 0 heterocycles. The lowest BCUT2D eigenvalue weighted by Gasteiger charge is -2.39. The summed E-state index contributed by atoms with van der Waals surface area (Å²) in [6, 6.07) is 8.25. The summed E-state index contributed by atoms with van der Waals surface area (Å²) < 4.78 is 0. The van der Waals surface area contributed by atoms with Crippen molar-refractivity contribution in [3.05, 3.63) is 35.4 Å². The second-order valence-corrected chi connectivity index (χ2v) is 5.22. The SMILES string of the molecule is CCC(C)C1(C(=O)O)CCc2ccccc2C1. The van der Waals surface area contributed by atoms with Crippen LogP contribution in [0.15, 0.2) is 24.3 Å². The fourth-order valence-corrected chi connectivity index (χ4v) is 2.96. The van der Waals surface area contributed by atoms with Gasteiger partial charge in [-0.3, -0.25) is 4.79 Å². The maximum atomic E-state index is 11.7. The lowest BCUT2D eigenvalue weighted by molar-refractivity contribution is -0.153. The minimum absolute atomic E-state index is 0.230. The van der Waals surface area contributed by atoms with Crippen molar-refractivity contribution in [3.63, 3.8) is 0 Å². The molecule has 0 aromatic heterocycles. The maximum absolute atomic E-state index is 11.7. The number of carboxylic acid groups (broad SMARTS) is 1. The minimum atomic E-state index is -0.624. The molecule has 2 rings (SSSR count). The van der Waals surface area contributed by atoms with Crippen molar-refractivity contribution in [2.24, 2.45) is 11.3 Å². The molecule has 2 unspecified atom stereocenters. The Kier molecular flexibility index (Phi) is 3.23. The van der Waals surface area contributed by atoms with E-state index in [1.165, 1.54) is 11.1 Å². The molecular weight excluding hydrogens is 212 g/mol. The molecule has 0 saturated heterocycles. The minimum Gasteiger partial charge on any atom is -0.481 e. The summed E-state index contributed by atoms with van der Waals surface area (Å²) in [6.07, 6.45) is 3.28. The molecule has 1 aliphatic carbocycles. The molecule has 0 bridgehead atoms. The van der Waals surface area contributed by atoms with E-state index in [4.69, 9.17) is 0 Å². The van der Waals surface area contributed by atoms with Crippen LogP contribution in [0.5, 0.6) is 0 Å². The molecular formula is C15H20O2. The van der Waals surface area contributed by atoms with Crippen LogP contribution in [0.4, 0.5) is 0 Å². The van der Waals surface area contributed by atoms with Gasteiger partial charge in [-0.1, -0.05) is 44.5 Å². The third-order valence-corrected chi connectivity index (χ3v) is 4.45. The highest BCUT2D eigenvalue weighted by Crippen LogP contribution is 2.42. The van der Waals surface area contributed by atoms with Crippen LogP contribution in [0.25, 0.3) is 0 Å². The highest BCUT2D eigenvalue weighted by molar-refractivity contribution is 5.76. The van der Waals surface area contributed by atoms with Gasteiger partial charge in [-0.05, 0) is 36.3 Å². The first-order valence-electron chi connectivity index (χ1n) is 6.40. The van der Waals surface area contributed by atoms with Crippen LogP contribution in [-0.4, -0.2) is 11.1 Å². The number of fused-ring (bicyclic) bond motifs is 1. The lowest BCUT2D eigenvalue weighted by Crippen LogP contribution is -2.42. The van der Waals surface area contributed by atoms with Crippen molar-refractivity contribution in [1.82, 2.24) is 0 Å². The summed E-state index contributed by atoms with van der Waals surface area (Å²) in [7, 11) is 0. The Morgan fingerprint density at radius 3 is 2.65 bits per heavy atom. The van der Waals surface area contributed by atoms with E-state index in [0.29, 0.717) is 6.42 Å². The average molecular weight is 232 g/mol. The van der Waals surface area contributed by atoms with Gasteiger partial charge >= 0.3 is 5.97 Å². The second-order valence-electron chi connectivity index (χ2n) is 5.22. The van der Waals surface area contributed by atoms with Crippen LogP contribution < -0.4 is 0 Å². The number of aliphatic carboxylic acids is 1. The molecule has 1 aliphatic rings. The van der Waals surface area contributed by atoms with E-state index in [0.717, 1.165) is 19.3 Å². The first-order chi connectivity index (χ1) is 8.10. The number of benzene rings is 1. The highest BCUT2D eigenvalue weighted by Gasteiger charge is 2.44. The van der Waals surface area contributed by atoms with Gasteiger partial charge in [0.1, 0.15) is 0 Å². The second kappa shape index (κ2) is 4.52. The molecule has 0 radical (unpaired) electrons. The Bertz CT molecular complexity index is 425. The molecule has 2 heteroatoms. The molecule has 1 aromatic carbocycles. The van der Waals surface area contributed by atoms with Crippen LogP contribution in [0.1, 0.15) is 37.8 Å². The smallest absolute Gasteiger partial charge is 0.310 e. The fourth-order valence-electron chi connectivity index (χ4n) is 2.96. The molecule has 17 heavy (non-hydrogen) atoms. The molecule has 0 spiro atoms. The number of rotatable bonds is 3. The van der Waals surface area contributed by atoms with Gasteiger partial charge in [-0.25, -0.2) is 0 Å². The van der Waals surface area contributed by atoms with Gasteiger partial charge in [0.25, 0.3) is 0 Å². The summed E-state index contributed by atoms with van der Waals surface area (Å²) in [6.45, 7) is 4.15. The van der Waals surface area contributed by atoms with Crippen LogP contribution in [-0.2, 0) is 17.6 Å². The largest absolute Gasteiger partial charge is 0.481 e. The predicted molar refractivity (Wildman–Crippen MR) is 68.0 cm³/mol. The zero-order valence-corrected chi connectivity index (χ0v) is 10.6. The number of hydrogen-bond donors (Lipinski definition) is 1. The molecule has 0 amide bonds. The summed E-state index contributed by atoms with van der Waals surface area (Å²) in [5.41, 5.74) is 2.00. The highest BCUT2D eigenvalue weighted by atomic mass is 16.4. The first kappa shape index (κ1) is 12.2. The van der Waals surface area contributed by atoms with Crippen LogP contribution in [0.2, 0.25) is 0 Å². The molecule has 0 aliphatic heterocycles. The number of aryl methyl sites for hydroxylation is 1. The molecule has 0 fully saturated rings. The molecule has 1 N–H and O–H groups in total. The molecule has 0 saturated carbocycles. The van der Waals surface area contributed by atoms with Crippen LogP contribution in [0.3, 0.4) is 0 Å². The number of hydrogen-bond acceptors (Lipinski definition) is 1. The summed E-state index contributed by atoms with van der Waals surface area (Å²) in [5, 5.41) is 9.62. The molecule has 2 nitrogen and oxygen atoms in total. The van der Waals surface area contributed by atoms with Crippen LogP contribution >= 0.6 is 0 Å². The van der Waals surface area contributed by atoms with E-state index in [2.05, 4.69) is 26.0 Å². The van der Waals surface area contributed by atoms with Crippen molar-refractivity contribution >= 4 is 5.97 Å². The Balaban J connectivity index is 2.37. The van der Waals surface area contributed by atoms with Gasteiger partial charge in [0.05, 0.1) is 5.41 Å². The van der Waals surface area contributed by atoms with Gasteiger partial charge in [-0.2, -0.15) is 0 Å². The quantitative estimate of drug-likeness (QED) is 0.868. The molecule has 92 valence electrons. The maximum Gasteiger partial charge on any atom is 0.310 e. The van der Waals surface area contributed by atoms with Gasteiger partial charge < -0.3 is 5.11 Å². The van der Waals surface area contributed by atoms with Crippen molar-refractivity contribution in [1.29, 1.82) is 0 Å². The normalized spacial score (nSPS) is 25.1. The van der Waals surface area contributed by atoms with Crippen molar-refractivity contribution < 1.29 is 9.90 Å². The van der Waals surface area contributed by atoms with E-state index in [-0.39, 0.29) is 5.92 Å².